The third-order valence-corrected chi connectivity index (χ3v) is 11.6. The summed E-state index contributed by atoms with van der Waals surface area (Å²) in [7, 11) is 8.34. The molecule has 4 aromatic rings. The van der Waals surface area contributed by atoms with Gasteiger partial charge in [-0.25, -0.2) is 27.2 Å². The molecule has 20 heteroatoms. The summed E-state index contributed by atoms with van der Waals surface area (Å²) in [6.45, 7) is 10.0. The Balaban J connectivity index is 0.000000304. The third-order valence-electron chi connectivity index (χ3n) is 11.3. The quantitative estimate of drug-likeness (QED) is 0.101. The van der Waals surface area contributed by atoms with Crippen LogP contribution in [0.2, 0.25) is 5.15 Å². The van der Waals surface area contributed by atoms with Crippen molar-refractivity contribution < 1.29 is 26.3 Å². The highest BCUT2D eigenvalue weighted by molar-refractivity contribution is 6.29. The normalized spacial score (nSPS) is 16.8. The standard InChI is InChI=1S/C15H22F3N3O2.C14H18N2.C8H15F2N.C7H8ClFN2O2.ClH/c1-8(2)21-13(22)11(16)12(20-14(21)23)19-9(3)10-4-6-15(17,18)7-5-10;1-15(2)12-9-5-7-11-8-6-10-13(14(11)12)16(3)4;1-6(11)7-2-4-8(9,10)5-3-7;1-3(2)11-6(12)4(9)5(8)10-7(11)13;/h8-10,19H,4-7H2,1-3H3,(H,20,23);5-10H,1-4H3;6-7H,2-5,11H2,1H3;3H,1-2H3,(H,10,13);1H/t9-;;6-;;/m0.0../s1. The zero-order valence-electron chi connectivity index (χ0n) is 38.1. The number of hydrogen-bond acceptors (Lipinski definition) is 8. The second-order valence-corrected chi connectivity index (χ2v) is 17.7. The van der Waals surface area contributed by atoms with Gasteiger partial charge in [0.1, 0.15) is 5.82 Å². The van der Waals surface area contributed by atoms with Crippen LogP contribution < -0.4 is 43.3 Å². The molecule has 0 saturated heterocycles. The number of nitrogens with zero attached hydrogens (tertiary/aromatic N) is 4. The summed E-state index contributed by atoms with van der Waals surface area (Å²) in [6.07, 6.45) is 1.47. The van der Waals surface area contributed by atoms with Crippen LogP contribution in [0.3, 0.4) is 0 Å². The largest absolute Gasteiger partial charge is 0.377 e. The lowest BCUT2D eigenvalue weighted by molar-refractivity contribution is -0.0479. The van der Waals surface area contributed by atoms with E-state index in [4.69, 9.17) is 17.3 Å². The SMILES string of the molecule is CC(C)n1c(=O)[nH]c(Cl)c(F)c1=O.CC(C)n1c(=O)[nH]c(N[C@@H](C)C2CCC(F)(F)CC2)c(F)c1=O.CN(C)c1cccc2cccc(N(C)C)c12.C[C@H](N)C1CCC(F)(F)CC1.Cl. The number of anilines is 3. The number of H-pyrrole nitrogens is 2. The molecule has 0 radical (unpaired) electrons. The molecule has 0 unspecified atom stereocenters. The molecule has 2 aliphatic carbocycles. The molecule has 2 atom stereocenters. The molecule has 0 spiro atoms. The summed E-state index contributed by atoms with van der Waals surface area (Å²) in [5.74, 6) is -7.26. The first-order valence-corrected chi connectivity index (χ1v) is 21.5. The van der Waals surface area contributed by atoms with Gasteiger partial charge in [0.05, 0.1) is 0 Å². The topological polar surface area (TPSA) is 154 Å². The Bertz CT molecular complexity index is 2320. The highest BCUT2D eigenvalue weighted by Gasteiger charge is 2.37. The van der Waals surface area contributed by atoms with Crippen molar-refractivity contribution in [3.05, 3.63) is 94.9 Å². The van der Waals surface area contributed by atoms with E-state index in [-0.39, 0.29) is 61.9 Å². The summed E-state index contributed by atoms with van der Waals surface area (Å²) in [4.78, 5) is 54.7. The van der Waals surface area contributed by atoms with Crippen molar-refractivity contribution in [1.29, 1.82) is 0 Å². The Kier molecular flexibility index (Phi) is 20.6. The zero-order chi connectivity index (χ0) is 47.7. The fourth-order valence-corrected chi connectivity index (χ4v) is 7.77. The molecule has 12 nitrogen and oxygen atoms in total. The number of alkyl halides is 4. The van der Waals surface area contributed by atoms with Gasteiger partial charge in [-0.3, -0.25) is 28.7 Å². The Morgan fingerprint density at radius 2 is 1.08 bits per heavy atom. The number of nitrogens with two attached hydrogens (primary N) is 1. The van der Waals surface area contributed by atoms with Gasteiger partial charge in [0.25, 0.3) is 11.1 Å². The van der Waals surface area contributed by atoms with E-state index in [1.807, 2.05) is 11.9 Å². The lowest BCUT2D eigenvalue weighted by atomic mass is 9.82. The van der Waals surface area contributed by atoms with E-state index in [9.17, 15) is 45.5 Å². The van der Waals surface area contributed by atoms with Crippen LogP contribution in [-0.4, -0.2) is 71.2 Å². The highest BCUT2D eigenvalue weighted by Crippen LogP contribution is 2.39. The first-order valence-electron chi connectivity index (χ1n) is 21.1. The maximum Gasteiger partial charge on any atom is 0.330 e. The summed E-state index contributed by atoms with van der Waals surface area (Å²) in [6, 6.07) is 11.7. The van der Waals surface area contributed by atoms with E-state index >= 15 is 0 Å². The summed E-state index contributed by atoms with van der Waals surface area (Å²) >= 11 is 5.25. The molecule has 360 valence electrons. The average molecular weight is 954 g/mol. The van der Waals surface area contributed by atoms with Gasteiger partial charge in [-0.05, 0) is 96.6 Å². The van der Waals surface area contributed by atoms with Crippen LogP contribution in [0.25, 0.3) is 10.8 Å². The third kappa shape index (κ3) is 14.8. The van der Waals surface area contributed by atoms with Crippen LogP contribution in [-0.2, 0) is 0 Å². The molecular weight excluding hydrogens is 889 g/mol. The molecule has 0 amide bonds. The minimum absolute atomic E-state index is 0. The molecule has 6 rings (SSSR count). The molecule has 2 fully saturated rings. The summed E-state index contributed by atoms with van der Waals surface area (Å²) in [5, 5.41) is 4.83. The number of rotatable bonds is 8. The van der Waals surface area contributed by atoms with Crippen molar-refractivity contribution in [3.63, 3.8) is 0 Å². The average Bonchev–Trinajstić information content (AvgIpc) is 3.18. The van der Waals surface area contributed by atoms with E-state index in [0.29, 0.717) is 31.6 Å². The number of fused-ring (bicyclic) bond motifs is 1. The molecular formula is C44H64Cl2F6N8O4. The Labute approximate surface area is 381 Å². The van der Waals surface area contributed by atoms with Crippen LogP contribution in [0.5, 0.6) is 0 Å². The number of benzene rings is 2. The molecule has 5 N–H and O–H groups in total. The van der Waals surface area contributed by atoms with Crippen LogP contribution in [0.1, 0.15) is 105 Å². The van der Waals surface area contributed by atoms with Crippen molar-refractivity contribution in [2.24, 2.45) is 17.6 Å². The number of halogens is 8. The van der Waals surface area contributed by atoms with E-state index in [2.05, 4.69) is 84.7 Å². The monoisotopic (exact) mass is 952 g/mol. The predicted molar refractivity (Wildman–Crippen MR) is 249 cm³/mol. The van der Waals surface area contributed by atoms with Crippen molar-refractivity contribution in [1.82, 2.24) is 19.1 Å². The van der Waals surface area contributed by atoms with Gasteiger partial charge in [-0.1, -0.05) is 35.9 Å². The van der Waals surface area contributed by atoms with Crippen molar-refractivity contribution in [2.45, 2.75) is 129 Å². The van der Waals surface area contributed by atoms with Gasteiger partial charge < -0.3 is 20.9 Å². The van der Waals surface area contributed by atoms with Gasteiger partial charge in [-0.15, -0.1) is 12.4 Å². The maximum absolute atomic E-state index is 14.2. The summed E-state index contributed by atoms with van der Waals surface area (Å²) in [5.41, 5.74) is 4.75. The van der Waals surface area contributed by atoms with Crippen molar-refractivity contribution >= 4 is 52.0 Å². The first kappa shape index (κ1) is 55.7. The van der Waals surface area contributed by atoms with Crippen molar-refractivity contribution in [2.75, 3.05) is 43.3 Å². The van der Waals surface area contributed by atoms with Crippen LogP contribution in [0.15, 0.2) is 55.6 Å². The van der Waals surface area contributed by atoms with Gasteiger partial charge in [-0.2, -0.15) is 8.78 Å². The zero-order valence-corrected chi connectivity index (χ0v) is 39.7. The minimum Gasteiger partial charge on any atom is -0.377 e. The van der Waals surface area contributed by atoms with Crippen LogP contribution in [0.4, 0.5) is 43.5 Å². The lowest BCUT2D eigenvalue weighted by Crippen LogP contribution is -2.41. The highest BCUT2D eigenvalue weighted by atomic mass is 35.5. The van der Waals surface area contributed by atoms with Gasteiger partial charge in [0, 0.05) is 94.8 Å². The fourth-order valence-electron chi connectivity index (χ4n) is 7.61. The van der Waals surface area contributed by atoms with Gasteiger partial charge >= 0.3 is 11.4 Å². The minimum atomic E-state index is -2.63. The van der Waals surface area contributed by atoms with E-state index in [0.717, 1.165) is 9.13 Å². The maximum atomic E-state index is 14.2. The Morgan fingerprint density at radius 3 is 1.47 bits per heavy atom. The molecule has 2 heterocycles. The van der Waals surface area contributed by atoms with Crippen molar-refractivity contribution in [3.8, 4) is 0 Å². The predicted octanol–water partition coefficient (Wildman–Crippen LogP) is 9.35. The first-order chi connectivity index (χ1) is 29.2. The molecule has 2 aromatic heterocycles. The Hall–Kier alpha value is -4.42. The van der Waals surface area contributed by atoms with E-state index in [1.165, 1.54) is 22.1 Å². The van der Waals surface area contributed by atoms with Gasteiger partial charge in [0.2, 0.25) is 23.5 Å². The molecule has 0 aliphatic heterocycles. The van der Waals surface area contributed by atoms with Crippen LogP contribution >= 0.6 is 24.0 Å². The summed E-state index contributed by atoms with van der Waals surface area (Å²) < 4.78 is 80.2. The second-order valence-electron chi connectivity index (χ2n) is 17.3. The molecule has 2 saturated carbocycles. The van der Waals surface area contributed by atoms with E-state index < -0.39 is 63.2 Å². The molecule has 0 bridgehead atoms. The molecule has 2 aliphatic rings. The number of aromatic nitrogens is 4. The fraction of sp³-hybridized carbons (Fsp3) is 0.591. The lowest BCUT2D eigenvalue weighted by Gasteiger charge is -2.32. The number of hydrogen-bond donors (Lipinski definition) is 4. The second kappa shape index (κ2) is 23.7. The molecule has 2 aromatic carbocycles. The van der Waals surface area contributed by atoms with Gasteiger partial charge in [0.15, 0.2) is 5.15 Å². The number of nitrogens with one attached hydrogen (secondary N) is 3. The molecule has 64 heavy (non-hydrogen) atoms. The Morgan fingerprint density at radius 1 is 0.688 bits per heavy atom. The van der Waals surface area contributed by atoms with Crippen LogP contribution in [0, 0.1) is 23.5 Å². The van der Waals surface area contributed by atoms with E-state index in [1.54, 1.807) is 34.6 Å². The smallest absolute Gasteiger partial charge is 0.330 e. The number of aromatic amines is 2.